The second kappa shape index (κ2) is 5.38. The van der Waals surface area contributed by atoms with Gasteiger partial charge in [-0.15, -0.1) is 11.6 Å². The van der Waals surface area contributed by atoms with Crippen LogP contribution >= 0.6 is 11.6 Å². The summed E-state index contributed by atoms with van der Waals surface area (Å²) >= 11 is 5.26. The molecular weight excluding hydrogens is 166 g/mol. The normalized spacial score (nSPS) is 13.2. The smallest absolute Gasteiger partial charge is 0.235 e. The number of aliphatic hydroxyl groups excluding tert-OH is 1. The zero-order chi connectivity index (χ0) is 8.85. The Morgan fingerprint density at radius 1 is 1.64 bits per heavy atom. The molecule has 4 heteroatoms. The quantitative estimate of drug-likeness (QED) is 0.613. The molecular formula is C7H14ClNO2. The first-order valence-corrected chi connectivity index (χ1v) is 4.11. The fourth-order valence-corrected chi connectivity index (χ4v) is 0.746. The highest BCUT2D eigenvalue weighted by atomic mass is 35.5. The van der Waals surface area contributed by atoms with E-state index < -0.39 is 0 Å². The molecule has 0 fully saturated rings. The number of carbonyl (C=O) groups excluding carboxylic acids is 1. The summed E-state index contributed by atoms with van der Waals surface area (Å²) < 4.78 is 0. The Bertz CT molecular complexity index is 128. The van der Waals surface area contributed by atoms with Gasteiger partial charge in [0, 0.05) is 0 Å². The number of amides is 1. The third kappa shape index (κ3) is 4.22. The van der Waals surface area contributed by atoms with Crippen molar-refractivity contribution in [3.63, 3.8) is 0 Å². The SMILES string of the molecule is CC(C)[C@@H](CO)NC(=O)CCl. The Balaban J connectivity index is 3.78. The number of alkyl halides is 1. The number of aliphatic hydroxyl groups is 1. The van der Waals surface area contributed by atoms with Crippen molar-refractivity contribution in [1.82, 2.24) is 5.32 Å². The molecule has 66 valence electrons. The first-order valence-electron chi connectivity index (χ1n) is 3.58. The highest BCUT2D eigenvalue weighted by Crippen LogP contribution is 1.99. The summed E-state index contributed by atoms with van der Waals surface area (Å²) in [5.41, 5.74) is 0. The van der Waals surface area contributed by atoms with Crippen LogP contribution in [0.2, 0.25) is 0 Å². The molecule has 11 heavy (non-hydrogen) atoms. The minimum Gasteiger partial charge on any atom is -0.394 e. The molecule has 0 aliphatic rings. The van der Waals surface area contributed by atoms with Gasteiger partial charge >= 0.3 is 0 Å². The Morgan fingerprint density at radius 3 is 2.45 bits per heavy atom. The van der Waals surface area contributed by atoms with Crippen molar-refractivity contribution < 1.29 is 9.90 Å². The van der Waals surface area contributed by atoms with E-state index in [1.165, 1.54) is 0 Å². The Kier molecular flexibility index (Phi) is 5.24. The molecule has 0 radical (unpaired) electrons. The van der Waals surface area contributed by atoms with Gasteiger partial charge in [0.25, 0.3) is 0 Å². The zero-order valence-electron chi connectivity index (χ0n) is 6.80. The Hall–Kier alpha value is -0.280. The summed E-state index contributed by atoms with van der Waals surface area (Å²) in [6, 6.07) is -0.179. The number of rotatable bonds is 4. The van der Waals surface area contributed by atoms with Crippen molar-refractivity contribution >= 4 is 17.5 Å². The molecule has 2 N–H and O–H groups in total. The highest BCUT2D eigenvalue weighted by Gasteiger charge is 2.13. The van der Waals surface area contributed by atoms with Crippen LogP contribution < -0.4 is 5.32 Å². The zero-order valence-corrected chi connectivity index (χ0v) is 7.56. The first-order chi connectivity index (χ1) is 5.11. The number of hydrogen-bond acceptors (Lipinski definition) is 2. The molecule has 0 heterocycles. The predicted octanol–water partition coefficient (Wildman–Crippen LogP) is 0.358. The van der Waals surface area contributed by atoms with Gasteiger partial charge in [-0.25, -0.2) is 0 Å². The molecule has 0 aromatic heterocycles. The van der Waals surface area contributed by atoms with Gasteiger partial charge in [-0.05, 0) is 5.92 Å². The average Bonchev–Trinajstić information content (AvgIpc) is 1.99. The maximum absolute atomic E-state index is 10.7. The van der Waals surface area contributed by atoms with Crippen molar-refractivity contribution in [1.29, 1.82) is 0 Å². The van der Waals surface area contributed by atoms with Crippen LogP contribution in [0.25, 0.3) is 0 Å². The lowest BCUT2D eigenvalue weighted by atomic mass is 10.1. The molecule has 0 bridgehead atoms. The molecule has 0 rings (SSSR count). The van der Waals surface area contributed by atoms with Gasteiger partial charge in [-0.2, -0.15) is 0 Å². The largest absolute Gasteiger partial charge is 0.394 e. The van der Waals surface area contributed by atoms with E-state index in [0.717, 1.165) is 0 Å². The second-order valence-electron chi connectivity index (χ2n) is 2.73. The van der Waals surface area contributed by atoms with E-state index in [0.29, 0.717) is 0 Å². The van der Waals surface area contributed by atoms with Gasteiger partial charge in [0.05, 0.1) is 12.6 Å². The lowest BCUT2D eigenvalue weighted by Gasteiger charge is -2.18. The van der Waals surface area contributed by atoms with Gasteiger partial charge in [0.15, 0.2) is 0 Å². The third-order valence-electron chi connectivity index (χ3n) is 1.47. The van der Waals surface area contributed by atoms with Crippen molar-refractivity contribution in [3.05, 3.63) is 0 Å². The van der Waals surface area contributed by atoms with Crippen LogP contribution in [0.1, 0.15) is 13.8 Å². The Morgan fingerprint density at radius 2 is 2.18 bits per heavy atom. The van der Waals surface area contributed by atoms with Crippen LogP contribution in [0.15, 0.2) is 0 Å². The van der Waals surface area contributed by atoms with Crippen LogP contribution in [0, 0.1) is 5.92 Å². The molecule has 0 aliphatic heterocycles. The van der Waals surface area contributed by atoms with Crippen LogP contribution in [0.5, 0.6) is 0 Å². The summed E-state index contributed by atoms with van der Waals surface area (Å²) in [5.74, 6) is -0.0602. The average molecular weight is 180 g/mol. The summed E-state index contributed by atoms with van der Waals surface area (Å²) in [6.45, 7) is 3.81. The van der Waals surface area contributed by atoms with Gasteiger partial charge in [-0.3, -0.25) is 4.79 Å². The van der Waals surface area contributed by atoms with Crippen LogP contribution in [0.4, 0.5) is 0 Å². The molecule has 0 saturated heterocycles. The van der Waals surface area contributed by atoms with Crippen LogP contribution in [-0.4, -0.2) is 29.5 Å². The first kappa shape index (κ1) is 10.7. The minimum atomic E-state index is -0.237. The summed E-state index contributed by atoms with van der Waals surface area (Å²) in [4.78, 5) is 10.7. The predicted molar refractivity (Wildman–Crippen MR) is 44.6 cm³/mol. The molecule has 0 spiro atoms. The van der Waals surface area contributed by atoms with Crippen molar-refractivity contribution in [2.75, 3.05) is 12.5 Å². The van der Waals surface area contributed by atoms with E-state index in [-0.39, 0.29) is 30.4 Å². The standard InChI is InChI=1S/C7H14ClNO2/c1-5(2)6(4-10)9-7(11)3-8/h5-6,10H,3-4H2,1-2H3,(H,9,11)/t6-/m1/s1. The van der Waals surface area contributed by atoms with E-state index in [1.807, 2.05) is 13.8 Å². The fraction of sp³-hybridized carbons (Fsp3) is 0.857. The van der Waals surface area contributed by atoms with Crippen LogP contribution in [0.3, 0.4) is 0 Å². The molecule has 0 unspecified atom stereocenters. The number of carbonyl (C=O) groups is 1. The molecule has 1 amide bonds. The molecule has 1 atom stereocenters. The lowest BCUT2D eigenvalue weighted by molar-refractivity contribution is -0.120. The maximum atomic E-state index is 10.7. The van der Waals surface area contributed by atoms with E-state index in [1.54, 1.807) is 0 Å². The van der Waals surface area contributed by atoms with Gasteiger partial charge in [0.2, 0.25) is 5.91 Å². The molecule has 3 nitrogen and oxygen atoms in total. The number of halogens is 1. The summed E-state index contributed by atoms with van der Waals surface area (Å²) in [5, 5.41) is 11.4. The highest BCUT2D eigenvalue weighted by molar-refractivity contribution is 6.27. The van der Waals surface area contributed by atoms with Crippen molar-refractivity contribution in [3.8, 4) is 0 Å². The second-order valence-corrected chi connectivity index (χ2v) is 3.00. The summed E-state index contributed by atoms with van der Waals surface area (Å²) in [7, 11) is 0. The van der Waals surface area contributed by atoms with Crippen molar-refractivity contribution in [2.45, 2.75) is 19.9 Å². The number of nitrogens with one attached hydrogen (secondary N) is 1. The summed E-state index contributed by atoms with van der Waals surface area (Å²) in [6.07, 6.45) is 0. The molecule has 0 saturated carbocycles. The van der Waals surface area contributed by atoms with Gasteiger partial charge in [-0.1, -0.05) is 13.8 Å². The topological polar surface area (TPSA) is 49.3 Å². The fourth-order valence-electron chi connectivity index (χ4n) is 0.668. The monoisotopic (exact) mass is 179 g/mol. The Labute approximate surface area is 71.7 Å². The van der Waals surface area contributed by atoms with E-state index in [9.17, 15) is 4.79 Å². The van der Waals surface area contributed by atoms with E-state index in [4.69, 9.17) is 16.7 Å². The van der Waals surface area contributed by atoms with Crippen molar-refractivity contribution in [2.24, 2.45) is 5.92 Å². The van der Waals surface area contributed by atoms with E-state index >= 15 is 0 Å². The maximum Gasteiger partial charge on any atom is 0.235 e. The number of hydrogen-bond donors (Lipinski definition) is 2. The minimum absolute atomic E-state index is 0.0414. The molecule has 0 aliphatic carbocycles. The van der Waals surface area contributed by atoms with Gasteiger partial charge in [0.1, 0.15) is 5.88 Å². The van der Waals surface area contributed by atoms with E-state index in [2.05, 4.69) is 5.32 Å². The lowest BCUT2D eigenvalue weighted by Crippen LogP contribution is -2.41. The third-order valence-corrected chi connectivity index (χ3v) is 1.71. The van der Waals surface area contributed by atoms with Crippen LogP contribution in [-0.2, 0) is 4.79 Å². The molecule has 0 aromatic carbocycles. The van der Waals surface area contributed by atoms with Gasteiger partial charge < -0.3 is 10.4 Å². The molecule has 0 aromatic rings.